The Morgan fingerprint density at radius 1 is 0.182 bits per heavy atom. The summed E-state index contributed by atoms with van der Waals surface area (Å²) < 4.78 is 0. The van der Waals surface area contributed by atoms with E-state index in [2.05, 4.69) is 0 Å². The van der Waals surface area contributed by atoms with Crippen LogP contribution in [-0.4, -0.2) is 120 Å². The van der Waals surface area contributed by atoms with Crippen molar-refractivity contribution in [1.29, 1.82) is 0 Å². The average Bonchev–Trinajstić information content (AvgIpc) is 0. The van der Waals surface area contributed by atoms with E-state index in [1.54, 1.807) is 0 Å². The van der Waals surface area contributed by atoms with Crippen LogP contribution in [0.2, 0.25) is 0 Å². The Morgan fingerprint density at radius 2 is 0.182 bits per heavy atom. The van der Waals surface area contributed by atoms with Gasteiger partial charge < -0.3 is 0 Å². The fourth-order valence-corrected chi connectivity index (χ4v) is 0. The van der Waals surface area contributed by atoms with Crippen molar-refractivity contribution in [2.24, 2.45) is 0 Å². The first-order valence-corrected chi connectivity index (χ1v) is 0. The van der Waals surface area contributed by atoms with Gasteiger partial charge in [-0.1, -0.05) is 0 Å². The SMILES string of the molecule is [SnH2].[SnH2].[SnH2].[SnH2].[SnH2].[Ti].[Ti].[Ti].[Ti].[Ti].[Ti]. The molecule has 11 heteroatoms. The summed E-state index contributed by atoms with van der Waals surface area (Å²) >= 11 is 0. The van der Waals surface area contributed by atoms with Crippen LogP contribution in [0.5, 0.6) is 0 Å². The smallest absolute Gasteiger partial charge is 0 e. The molecular weight excluding hydrogens is 881 g/mol. The molecule has 0 unspecified atom stereocenters. The maximum Gasteiger partial charge on any atom is 0 e. The Hall–Kier alpha value is 8.28. The van der Waals surface area contributed by atoms with E-state index in [0.717, 1.165) is 0 Å². The Balaban J connectivity index is 0. The van der Waals surface area contributed by atoms with Crippen LogP contribution in [0.3, 0.4) is 0 Å². The fourth-order valence-electron chi connectivity index (χ4n) is 0. The van der Waals surface area contributed by atoms with Gasteiger partial charge in [0.1, 0.15) is 0 Å². The minimum Gasteiger partial charge on any atom is 0 e. The summed E-state index contributed by atoms with van der Waals surface area (Å²) in [5, 5.41) is 0. The van der Waals surface area contributed by atoms with Gasteiger partial charge in [-0.3, -0.25) is 0 Å². The van der Waals surface area contributed by atoms with Gasteiger partial charge in [0.05, 0.1) is 0 Å². The molecule has 0 amide bonds. The van der Waals surface area contributed by atoms with E-state index in [0.29, 0.717) is 0 Å². The molecule has 0 saturated heterocycles. The molecule has 54 valence electrons. The molecule has 10 radical (unpaired) electrons. The van der Waals surface area contributed by atoms with Crippen LogP contribution in [0.4, 0.5) is 0 Å². The van der Waals surface area contributed by atoms with Crippen molar-refractivity contribution in [1.82, 2.24) is 0 Å². The van der Waals surface area contributed by atoms with Gasteiger partial charge in [0, 0.05) is 130 Å². The normalized spacial score (nSPS) is 0. The van der Waals surface area contributed by atoms with E-state index >= 15 is 0 Å². The largest absolute Gasteiger partial charge is 0 e. The molecule has 0 N–H and O–H groups in total. The van der Waals surface area contributed by atoms with Crippen LogP contribution in [0.1, 0.15) is 0 Å². The quantitative estimate of drug-likeness (QED) is 0.216. The third-order valence-electron chi connectivity index (χ3n) is 0. The minimum absolute atomic E-state index is 0. The van der Waals surface area contributed by atoms with Gasteiger partial charge in [-0.2, -0.15) is 0 Å². The molecule has 0 spiro atoms. The van der Waals surface area contributed by atoms with Gasteiger partial charge in [-0.25, -0.2) is 0 Å². The summed E-state index contributed by atoms with van der Waals surface area (Å²) in [6, 6.07) is 0. The van der Waals surface area contributed by atoms with Crippen LogP contribution in [0.25, 0.3) is 0 Å². The standard InChI is InChI=1S/5Sn.6Ti.10H. The summed E-state index contributed by atoms with van der Waals surface area (Å²) in [7, 11) is 0. The molecule has 0 fully saturated rings. The van der Waals surface area contributed by atoms with Crippen molar-refractivity contribution in [3.8, 4) is 0 Å². The maximum atomic E-state index is 0. The van der Waals surface area contributed by atoms with Gasteiger partial charge in [0.15, 0.2) is 0 Å². The zero-order valence-electron chi connectivity index (χ0n) is 6.54. The summed E-state index contributed by atoms with van der Waals surface area (Å²) in [6.07, 6.45) is 0. The van der Waals surface area contributed by atoms with Crippen molar-refractivity contribution in [2.75, 3.05) is 0 Å². The predicted octanol–water partition coefficient (Wildman–Crippen LogP) is -4.60. The maximum absolute atomic E-state index is 0. The monoisotopic (exact) mass is 897 g/mol. The second-order valence-electron chi connectivity index (χ2n) is 0. The Morgan fingerprint density at radius 3 is 0.182 bits per heavy atom. The molecule has 0 aliphatic heterocycles. The topological polar surface area (TPSA) is 0 Å². The van der Waals surface area contributed by atoms with Crippen molar-refractivity contribution < 1.29 is 130 Å². The van der Waals surface area contributed by atoms with E-state index in [4.69, 9.17) is 0 Å². The molecule has 0 aromatic carbocycles. The molecule has 0 nitrogen and oxygen atoms in total. The van der Waals surface area contributed by atoms with Gasteiger partial charge in [-0.15, -0.1) is 0 Å². The van der Waals surface area contributed by atoms with Crippen molar-refractivity contribution >= 4 is 120 Å². The zero-order valence-corrected chi connectivity index (χ0v) is 36.1. The van der Waals surface area contributed by atoms with Crippen molar-refractivity contribution in [2.45, 2.75) is 0 Å². The van der Waals surface area contributed by atoms with E-state index in [-0.39, 0.29) is 250 Å². The van der Waals surface area contributed by atoms with E-state index in [9.17, 15) is 0 Å². The molecule has 0 atom stereocenters. The molecule has 0 aliphatic carbocycles. The molecular formula is H10Sn5Ti6. The summed E-state index contributed by atoms with van der Waals surface area (Å²) in [4.78, 5) is 0. The molecule has 11 heavy (non-hydrogen) atoms. The minimum atomic E-state index is 0. The van der Waals surface area contributed by atoms with E-state index in [1.165, 1.54) is 0 Å². The average molecular weight is 891 g/mol. The van der Waals surface area contributed by atoms with E-state index in [1.807, 2.05) is 0 Å². The van der Waals surface area contributed by atoms with Crippen molar-refractivity contribution in [3.63, 3.8) is 0 Å². The van der Waals surface area contributed by atoms with Gasteiger partial charge in [-0.05, 0) is 0 Å². The van der Waals surface area contributed by atoms with Gasteiger partial charge in [0.25, 0.3) is 0 Å². The summed E-state index contributed by atoms with van der Waals surface area (Å²) in [5.41, 5.74) is 0. The van der Waals surface area contributed by atoms with Crippen LogP contribution < -0.4 is 0 Å². The number of hydrogen-bond donors (Lipinski definition) is 0. The Labute approximate surface area is 243 Å². The van der Waals surface area contributed by atoms with Crippen LogP contribution >= 0.6 is 0 Å². The first-order valence-electron chi connectivity index (χ1n) is 0. The molecule has 0 rings (SSSR count). The third kappa shape index (κ3) is 70.7. The zero-order chi connectivity index (χ0) is 0. The predicted molar refractivity (Wildman–Crippen MR) is 42.7 cm³/mol. The van der Waals surface area contributed by atoms with Crippen LogP contribution in [-0.2, 0) is 130 Å². The first kappa shape index (κ1) is 94.0. The van der Waals surface area contributed by atoms with Crippen LogP contribution in [0.15, 0.2) is 0 Å². The van der Waals surface area contributed by atoms with Gasteiger partial charge >= 0.3 is 120 Å². The Kier molecular flexibility index (Phi) is 680. The second kappa shape index (κ2) is 79.6. The molecule has 0 heterocycles. The molecule has 0 aliphatic rings. The fraction of sp³-hybridized carbons (Fsp3) is 0. The van der Waals surface area contributed by atoms with Crippen LogP contribution in [0, 0.1) is 0 Å². The molecule has 0 aromatic heterocycles. The second-order valence-corrected chi connectivity index (χ2v) is 0. The van der Waals surface area contributed by atoms with E-state index < -0.39 is 0 Å². The summed E-state index contributed by atoms with van der Waals surface area (Å²) in [5.74, 6) is 0. The molecule has 0 saturated carbocycles. The summed E-state index contributed by atoms with van der Waals surface area (Å²) in [6.45, 7) is 0. The molecule has 0 aromatic rings. The number of hydrogen-bond acceptors (Lipinski definition) is 0. The molecule has 0 bridgehead atoms. The van der Waals surface area contributed by atoms with Crippen molar-refractivity contribution in [3.05, 3.63) is 0 Å². The number of rotatable bonds is 0. The van der Waals surface area contributed by atoms with Gasteiger partial charge in [0.2, 0.25) is 0 Å². The first-order chi connectivity index (χ1) is 0. The Bertz CT molecular complexity index is 10.9. The third-order valence-corrected chi connectivity index (χ3v) is 0.